The molecule has 1 heterocycles. The number of aromatic nitrogens is 1. The van der Waals surface area contributed by atoms with E-state index in [0.29, 0.717) is 0 Å². The molecule has 3 rings (SSSR count). The van der Waals surface area contributed by atoms with Gasteiger partial charge in [-0.1, -0.05) is 24.3 Å². The monoisotopic (exact) mass is 238 g/mol. The van der Waals surface area contributed by atoms with Crippen LogP contribution in [0.3, 0.4) is 0 Å². The van der Waals surface area contributed by atoms with Crippen LogP contribution < -0.4 is 5.32 Å². The third-order valence-corrected chi connectivity index (χ3v) is 3.47. The fourth-order valence-corrected chi connectivity index (χ4v) is 2.26. The van der Waals surface area contributed by atoms with E-state index in [2.05, 4.69) is 40.6 Å². The van der Waals surface area contributed by atoms with Crippen molar-refractivity contribution in [1.82, 2.24) is 4.98 Å². The predicted molar refractivity (Wildman–Crippen MR) is 74.7 cm³/mol. The van der Waals surface area contributed by atoms with Gasteiger partial charge in [0, 0.05) is 12.2 Å². The van der Waals surface area contributed by atoms with Gasteiger partial charge in [-0.3, -0.25) is 4.98 Å². The molecule has 0 radical (unpaired) electrons. The molecule has 0 atom stereocenters. The minimum absolute atomic E-state index is 0.805. The van der Waals surface area contributed by atoms with E-state index in [1.807, 2.05) is 19.2 Å². The zero-order valence-corrected chi connectivity index (χ0v) is 10.7. The minimum atomic E-state index is 0.805. The summed E-state index contributed by atoms with van der Waals surface area (Å²) >= 11 is 0. The molecule has 0 amide bonds. The average molecular weight is 238 g/mol. The van der Waals surface area contributed by atoms with Crippen LogP contribution in [0.25, 0.3) is 0 Å². The van der Waals surface area contributed by atoms with Gasteiger partial charge in [0.2, 0.25) is 0 Å². The second kappa shape index (κ2) is 4.81. The molecule has 0 bridgehead atoms. The maximum Gasteiger partial charge on any atom is 0.0529 e. The fraction of sp³-hybridized carbons (Fsp3) is 0.312. The van der Waals surface area contributed by atoms with Gasteiger partial charge < -0.3 is 5.32 Å². The third kappa shape index (κ3) is 2.53. The highest BCUT2D eigenvalue weighted by molar-refractivity contribution is 5.43. The van der Waals surface area contributed by atoms with Gasteiger partial charge in [0.05, 0.1) is 11.9 Å². The average Bonchev–Trinajstić information content (AvgIpc) is 3.23. The van der Waals surface area contributed by atoms with Crippen LogP contribution >= 0.6 is 0 Å². The Balaban J connectivity index is 1.71. The summed E-state index contributed by atoms with van der Waals surface area (Å²) in [6.07, 6.45) is 4.60. The number of nitrogens with zero attached hydrogens (tertiary/aromatic N) is 1. The van der Waals surface area contributed by atoms with Gasteiger partial charge in [0.25, 0.3) is 0 Å². The molecule has 1 aromatic carbocycles. The Morgan fingerprint density at radius 1 is 1.17 bits per heavy atom. The van der Waals surface area contributed by atoms with Gasteiger partial charge in [-0.25, -0.2) is 0 Å². The molecule has 0 spiro atoms. The van der Waals surface area contributed by atoms with Crippen LogP contribution in [0.1, 0.15) is 35.6 Å². The van der Waals surface area contributed by atoms with E-state index in [9.17, 15) is 0 Å². The third-order valence-electron chi connectivity index (χ3n) is 3.47. The number of pyridine rings is 1. The molecule has 1 saturated carbocycles. The molecule has 1 aliphatic carbocycles. The van der Waals surface area contributed by atoms with Crippen LogP contribution in [0.5, 0.6) is 0 Å². The van der Waals surface area contributed by atoms with Crippen molar-refractivity contribution in [2.24, 2.45) is 0 Å². The molecule has 92 valence electrons. The molecule has 1 N–H and O–H groups in total. The zero-order chi connectivity index (χ0) is 12.4. The molecular weight excluding hydrogens is 220 g/mol. The van der Waals surface area contributed by atoms with E-state index in [-0.39, 0.29) is 0 Å². The lowest BCUT2D eigenvalue weighted by molar-refractivity contribution is 1.03. The van der Waals surface area contributed by atoms with Gasteiger partial charge in [0.15, 0.2) is 0 Å². The maximum absolute atomic E-state index is 4.30. The van der Waals surface area contributed by atoms with Crippen molar-refractivity contribution in [3.05, 3.63) is 59.4 Å². The lowest BCUT2D eigenvalue weighted by atomic mass is 10.0. The molecule has 0 unspecified atom stereocenters. The van der Waals surface area contributed by atoms with Crippen molar-refractivity contribution in [2.45, 2.75) is 32.2 Å². The maximum atomic E-state index is 4.30. The Kier molecular flexibility index (Phi) is 3.01. The van der Waals surface area contributed by atoms with Crippen molar-refractivity contribution in [1.29, 1.82) is 0 Å². The molecule has 1 fully saturated rings. The van der Waals surface area contributed by atoms with Crippen molar-refractivity contribution in [2.75, 3.05) is 5.32 Å². The molecule has 18 heavy (non-hydrogen) atoms. The quantitative estimate of drug-likeness (QED) is 0.874. The van der Waals surface area contributed by atoms with E-state index in [4.69, 9.17) is 0 Å². The van der Waals surface area contributed by atoms with Crippen molar-refractivity contribution in [3.8, 4) is 0 Å². The van der Waals surface area contributed by atoms with Crippen molar-refractivity contribution < 1.29 is 0 Å². The topological polar surface area (TPSA) is 24.9 Å². The number of aryl methyl sites for hydroxylation is 1. The molecule has 2 aromatic rings. The van der Waals surface area contributed by atoms with E-state index in [0.717, 1.165) is 23.8 Å². The Hall–Kier alpha value is -1.83. The minimum Gasteiger partial charge on any atom is -0.380 e. The predicted octanol–water partition coefficient (Wildman–Crippen LogP) is 3.88. The first kappa shape index (κ1) is 11.3. The fourth-order valence-electron chi connectivity index (χ4n) is 2.26. The van der Waals surface area contributed by atoms with E-state index in [1.165, 1.54) is 24.0 Å². The summed E-state index contributed by atoms with van der Waals surface area (Å²) < 4.78 is 0. The number of hydrogen-bond donors (Lipinski definition) is 1. The SMILES string of the molecule is Cc1ccc(NCc2ccccc2C2CC2)cn1. The first-order chi connectivity index (χ1) is 8.83. The number of benzene rings is 1. The molecule has 0 saturated heterocycles. The summed E-state index contributed by atoms with van der Waals surface area (Å²) in [5.41, 5.74) is 5.08. The number of hydrogen-bond acceptors (Lipinski definition) is 2. The molecule has 1 aliphatic rings. The highest BCUT2D eigenvalue weighted by Crippen LogP contribution is 2.41. The number of rotatable bonds is 4. The molecule has 2 nitrogen and oxygen atoms in total. The van der Waals surface area contributed by atoms with E-state index in [1.54, 1.807) is 0 Å². The van der Waals surface area contributed by atoms with Crippen LogP contribution in [0.4, 0.5) is 5.69 Å². The van der Waals surface area contributed by atoms with Gasteiger partial charge in [-0.2, -0.15) is 0 Å². The van der Waals surface area contributed by atoms with Crippen LogP contribution in [0.2, 0.25) is 0 Å². The number of anilines is 1. The molecular formula is C16H18N2. The highest BCUT2D eigenvalue weighted by Gasteiger charge is 2.25. The van der Waals surface area contributed by atoms with Crippen molar-refractivity contribution in [3.63, 3.8) is 0 Å². The van der Waals surface area contributed by atoms with Gasteiger partial charge in [0.1, 0.15) is 0 Å². The second-order valence-corrected chi connectivity index (χ2v) is 5.01. The molecule has 0 aliphatic heterocycles. The largest absolute Gasteiger partial charge is 0.380 e. The summed E-state index contributed by atoms with van der Waals surface area (Å²) in [5.74, 6) is 0.805. The van der Waals surface area contributed by atoms with E-state index < -0.39 is 0 Å². The summed E-state index contributed by atoms with van der Waals surface area (Å²) in [6.45, 7) is 2.89. The summed E-state index contributed by atoms with van der Waals surface area (Å²) in [6, 6.07) is 12.9. The summed E-state index contributed by atoms with van der Waals surface area (Å²) in [5, 5.41) is 3.45. The zero-order valence-electron chi connectivity index (χ0n) is 10.7. The Bertz CT molecular complexity index is 527. The highest BCUT2D eigenvalue weighted by atomic mass is 14.9. The van der Waals surface area contributed by atoms with Crippen LogP contribution in [0.15, 0.2) is 42.6 Å². The standard InChI is InChI=1S/C16H18N2/c1-12-6-9-15(11-17-12)18-10-14-4-2-3-5-16(14)13-7-8-13/h2-6,9,11,13,18H,7-8,10H2,1H3. The van der Waals surface area contributed by atoms with Crippen LogP contribution in [-0.4, -0.2) is 4.98 Å². The molecule has 1 aromatic heterocycles. The number of nitrogens with one attached hydrogen (secondary N) is 1. The van der Waals surface area contributed by atoms with Gasteiger partial charge >= 0.3 is 0 Å². The normalized spacial score (nSPS) is 14.5. The Labute approximate surface area is 108 Å². The van der Waals surface area contributed by atoms with E-state index >= 15 is 0 Å². The summed E-state index contributed by atoms with van der Waals surface area (Å²) in [7, 11) is 0. The second-order valence-electron chi connectivity index (χ2n) is 5.01. The van der Waals surface area contributed by atoms with Crippen LogP contribution in [-0.2, 0) is 6.54 Å². The van der Waals surface area contributed by atoms with Crippen LogP contribution in [0, 0.1) is 6.92 Å². The lowest BCUT2D eigenvalue weighted by Gasteiger charge is -2.10. The van der Waals surface area contributed by atoms with Crippen molar-refractivity contribution >= 4 is 5.69 Å². The Morgan fingerprint density at radius 2 is 2.00 bits per heavy atom. The molecule has 2 heteroatoms. The smallest absolute Gasteiger partial charge is 0.0529 e. The Morgan fingerprint density at radius 3 is 2.72 bits per heavy atom. The first-order valence-corrected chi connectivity index (χ1v) is 6.57. The van der Waals surface area contributed by atoms with Gasteiger partial charge in [-0.15, -0.1) is 0 Å². The lowest BCUT2D eigenvalue weighted by Crippen LogP contribution is -2.02. The summed E-state index contributed by atoms with van der Waals surface area (Å²) in [4.78, 5) is 4.30. The van der Waals surface area contributed by atoms with Gasteiger partial charge in [-0.05, 0) is 48.9 Å². The first-order valence-electron chi connectivity index (χ1n) is 6.57.